The fourth-order valence-electron chi connectivity index (χ4n) is 0.364. The Morgan fingerprint density at radius 2 is 0.393 bits per heavy atom. The third-order valence-corrected chi connectivity index (χ3v) is 11.9. The maximum absolute atomic E-state index is 11.8. The normalized spacial score (nSPS) is 14.0. The first kappa shape index (κ1) is 78.3. The Bertz CT molecular complexity index is 1850. The van der Waals surface area contributed by atoms with Crippen molar-refractivity contribution in [2.24, 2.45) is 0 Å². The second-order valence-corrected chi connectivity index (χ2v) is 22.4. The second kappa shape index (κ2) is 24.7. The molecule has 0 N–H and O–H groups in total. The summed E-state index contributed by atoms with van der Waals surface area (Å²) in [6.07, 6.45) is 0. The molecule has 0 rings (SSSR count). The van der Waals surface area contributed by atoms with Crippen LogP contribution in [0, 0.1) is 0 Å². The van der Waals surface area contributed by atoms with E-state index in [1.807, 2.05) is 0 Å². The van der Waals surface area contributed by atoms with Crippen LogP contribution in [0.4, 0.5) is 92.2 Å². The van der Waals surface area contributed by atoms with Gasteiger partial charge in [0.15, 0.2) is 50.6 Å². The first-order valence-corrected chi connectivity index (χ1v) is 23.4. The molecule has 0 spiro atoms. The molecule has 0 aromatic rings. The average molecular weight is 1240 g/mol. The minimum absolute atomic E-state index is 0. The summed E-state index contributed by atoms with van der Waals surface area (Å²) < 4.78 is 413. The molecule has 0 aromatic heterocycles. The van der Waals surface area contributed by atoms with Gasteiger partial charge in [-0.1, -0.05) is 22.2 Å². The molecular weight excluding hydrogens is 1240 g/mol. The van der Waals surface area contributed by atoms with Crippen LogP contribution in [0.1, 0.15) is 0 Å². The second-order valence-electron chi connectivity index (χ2n) is 6.93. The summed E-state index contributed by atoms with van der Waals surface area (Å²) in [7, 11) is -49.4. The fourth-order valence-corrected chi connectivity index (χ4v) is 6.51. The van der Waals surface area contributed by atoms with Crippen molar-refractivity contribution in [3.05, 3.63) is 0 Å². The van der Waals surface area contributed by atoms with Crippen LogP contribution >= 0.6 is 22.2 Å². The molecule has 0 saturated heterocycles. The molecule has 0 aromatic carbocycles. The molecule has 0 fully saturated rings. The zero-order chi connectivity index (χ0) is 50.9. The monoisotopic (exact) mass is 1240 g/mol. The quantitative estimate of drug-likeness (QED) is 0.127. The Labute approximate surface area is 361 Å². The van der Waals surface area contributed by atoms with Crippen LogP contribution in [0.3, 0.4) is 0 Å². The number of alkyl halides is 21. The van der Waals surface area contributed by atoms with E-state index in [9.17, 15) is 109 Å². The maximum Gasteiger partial charge on any atom is 3.00 e. The predicted molar refractivity (Wildman–Crippen MR) is 128 cm³/mol. The molecule has 54 heteroatoms. The Kier molecular flexibility index (Phi) is 31.7. The molecule has 0 aliphatic rings. The molecule has 371 valence electrons. The van der Waals surface area contributed by atoms with Crippen LogP contribution in [0.5, 0.6) is 0 Å². The molecule has 0 aliphatic heterocycles. The van der Waals surface area contributed by atoms with Crippen molar-refractivity contribution in [2.45, 2.75) is 38.6 Å². The van der Waals surface area contributed by atoms with E-state index < -0.39 is 117 Å². The van der Waals surface area contributed by atoms with Gasteiger partial charge in [-0.15, -0.1) is 0 Å². The van der Waals surface area contributed by atoms with Crippen LogP contribution in [0.2, 0.25) is 0 Å². The molecule has 0 amide bonds. The molecular formula is C7Cl2F21MnO21S7ScSi. The van der Waals surface area contributed by atoms with Crippen LogP contribution in [0.15, 0.2) is 0 Å². The van der Waals surface area contributed by atoms with Gasteiger partial charge >= 0.3 is 109 Å². The van der Waals surface area contributed by atoms with Gasteiger partial charge in [-0.3, -0.25) is 0 Å². The smallest absolute Gasteiger partial charge is 0.741 e. The van der Waals surface area contributed by atoms with Gasteiger partial charge in [0.1, 0.15) is 0 Å². The van der Waals surface area contributed by atoms with E-state index in [4.69, 9.17) is 64.9 Å². The predicted octanol–water partition coefficient (Wildman–Crippen LogP) is 1.88. The van der Waals surface area contributed by atoms with Crippen molar-refractivity contribution < 1.29 is 225 Å². The van der Waals surface area contributed by atoms with E-state index in [1.54, 1.807) is 0 Å². The van der Waals surface area contributed by atoms with Crippen molar-refractivity contribution in [1.82, 2.24) is 0 Å². The van der Waals surface area contributed by atoms with Gasteiger partial charge in [0, 0.05) is 0 Å². The molecule has 0 heterocycles. The molecule has 21 nitrogen and oxygen atoms in total. The Morgan fingerprint density at radius 1 is 0.311 bits per heavy atom. The number of hydrogen-bond donors (Lipinski definition) is 0. The summed E-state index contributed by atoms with van der Waals surface area (Å²) >= 11 is 9.24. The van der Waals surface area contributed by atoms with Crippen molar-refractivity contribution in [3.63, 3.8) is 0 Å². The summed E-state index contributed by atoms with van der Waals surface area (Å²) in [6, 6.07) is 0. The number of hydrogen-bond acceptors (Lipinski definition) is 21. The van der Waals surface area contributed by atoms with Crippen LogP contribution < -0.4 is 0 Å². The zero-order valence-electron chi connectivity index (χ0n) is 25.1. The maximum atomic E-state index is 11.8. The summed E-state index contributed by atoms with van der Waals surface area (Å²) in [6.45, 7) is 0. The van der Waals surface area contributed by atoms with Crippen molar-refractivity contribution >= 4 is 100 Å². The van der Waals surface area contributed by atoms with Crippen LogP contribution in [-0.4, -0.2) is 127 Å². The van der Waals surface area contributed by atoms with E-state index in [0.29, 0.717) is 0 Å². The van der Waals surface area contributed by atoms with Gasteiger partial charge in [-0.25, -0.2) is 49.8 Å². The standard InChI is InChI=1S/C2Cl2F6O6S2Si.5CHF3O3S.Mn.Sc/c3-19(4,15-17(11,12)1(5,6)7)16-18(13,14)2(8,9)10;5*2-1(3,4)8(5,6)7;;/h;5*(H,5,6,7);;/q;;;;;;+2;+3/p-5. The van der Waals surface area contributed by atoms with Gasteiger partial charge in [0.2, 0.25) is 0 Å². The minimum Gasteiger partial charge on any atom is -0.741 e. The number of rotatable bonds is 4. The fraction of sp³-hybridized carbons (Fsp3) is 1.00. The minimum atomic E-state index is -6.53. The zero-order valence-corrected chi connectivity index (χ0v) is 36.3. The van der Waals surface area contributed by atoms with E-state index in [2.05, 4.69) is 29.9 Å². The van der Waals surface area contributed by atoms with Gasteiger partial charge in [0.05, 0.1) is 0 Å². The van der Waals surface area contributed by atoms with E-state index in [-0.39, 0.29) is 42.9 Å². The molecule has 0 saturated carbocycles. The van der Waals surface area contributed by atoms with Crippen molar-refractivity contribution in [2.75, 3.05) is 0 Å². The Balaban J connectivity index is -0.0000000962. The van der Waals surface area contributed by atoms with E-state index in [1.165, 1.54) is 0 Å². The third-order valence-electron chi connectivity index (χ3n) is 2.40. The molecule has 0 atom stereocenters. The van der Waals surface area contributed by atoms with Crippen LogP contribution in [0.25, 0.3) is 0 Å². The van der Waals surface area contributed by atoms with Gasteiger partial charge in [0.25, 0.3) is 0 Å². The van der Waals surface area contributed by atoms with Gasteiger partial charge in [-0.2, -0.15) is 109 Å². The van der Waals surface area contributed by atoms with Gasteiger partial charge < -0.3 is 22.8 Å². The number of halogens is 23. The summed E-state index contributed by atoms with van der Waals surface area (Å²) in [5.74, 6) is 0. The van der Waals surface area contributed by atoms with Crippen LogP contribution in [-0.2, 0) is 121 Å². The summed E-state index contributed by atoms with van der Waals surface area (Å²) in [5.41, 5.74) is -40.4. The largest absolute Gasteiger partial charge is 3.00 e. The summed E-state index contributed by atoms with van der Waals surface area (Å²) in [5, 5.41) is 0. The Hall–Kier alpha value is 0.0865. The van der Waals surface area contributed by atoms with Crippen molar-refractivity contribution in [1.29, 1.82) is 0 Å². The first-order valence-electron chi connectivity index (χ1n) is 9.68. The average Bonchev–Trinajstić information content (AvgIpc) is 2.76. The molecule has 0 unspecified atom stereocenters. The molecule has 61 heavy (non-hydrogen) atoms. The molecule has 0 bridgehead atoms. The first-order chi connectivity index (χ1) is 24.2. The topological polar surface area (TPSA) is 373 Å². The van der Waals surface area contributed by atoms with Gasteiger partial charge in [-0.05, 0) is 0 Å². The third kappa shape index (κ3) is 36.0. The Morgan fingerprint density at radius 3 is 0.443 bits per heavy atom. The molecule has 1 radical (unpaired) electrons. The SMILES string of the molecule is O=S(=O)(O[Si](Cl)(Cl)OS(=O)(=O)C(F)(F)F)C(F)(F)F.O=S(=O)([O-])C(F)(F)F.O=S(=O)([O-])C(F)(F)F.O=S(=O)([O-])C(F)(F)F.O=S(=O)([O-])C(F)(F)F.O=S(=O)([O-])C(F)(F)F.[Mn+2].[Sc+3]. The van der Waals surface area contributed by atoms with E-state index >= 15 is 0 Å². The van der Waals surface area contributed by atoms with E-state index in [0.717, 1.165) is 0 Å². The van der Waals surface area contributed by atoms with Crippen molar-refractivity contribution in [3.8, 4) is 0 Å². The molecule has 0 aliphatic carbocycles. The summed E-state index contributed by atoms with van der Waals surface area (Å²) in [4.78, 5) is 0.